The summed E-state index contributed by atoms with van der Waals surface area (Å²) in [6.07, 6.45) is 0.753. The molecule has 0 atom stereocenters. The maximum Gasteiger partial charge on any atom is 0.338 e. The monoisotopic (exact) mass is 190 g/mol. The van der Waals surface area contributed by atoms with Crippen molar-refractivity contribution in [2.75, 3.05) is 0 Å². The number of hydrogen-bond donors (Lipinski definition) is 1. The van der Waals surface area contributed by atoms with E-state index in [4.69, 9.17) is 14.9 Å². The molecule has 78 valence electrons. The number of aliphatic carboxylic acids is 1. The minimum absolute atomic E-state index is 0.452. The SMILES string of the molecule is CCC(C)(C)OOC(C)(C)C(=O)O. The molecule has 0 aliphatic rings. The Balaban J connectivity index is 4.09. The largest absolute Gasteiger partial charge is 0.479 e. The Morgan fingerprint density at radius 1 is 1.23 bits per heavy atom. The van der Waals surface area contributed by atoms with Crippen LogP contribution in [0.2, 0.25) is 0 Å². The van der Waals surface area contributed by atoms with Gasteiger partial charge in [-0.05, 0) is 34.1 Å². The number of rotatable bonds is 5. The lowest BCUT2D eigenvalue weighted by Crippen LogP contribution is -2.38. The molecular weight excluding hydrogens is 172 g/mol. The Labute approximate surface area is 78.8 Å². The van der Waals surface area contributed by atoms with Gasteiger partial charge in [-0.3, -0.25) is 0 Å². The summed E-state index contributed by atoms with van der Waals surface area (Å²) < 4.78 is 0. The van der Waals surface area contributed by atoms with Gasteiger partial charge in [0.1, 0.15) is 0 Å². The van der Waals surface area contributed by atoms with Crippen molar-refractivity contribution in [3.8, 4) is 0 Å². The molecule has 13 heavy (non-hydrogen) atoms. The van der Waals surface area contributed by atoms with Gasteiger partial charge in [0.15, 0.2) is 5.60 Å². The third-order valence-electron chi connectivity index (χ3n) is 1.84. The highest BCUT2D eigenvalue weighted by Gasteiger charge is 2.32. The second-order valence-corrected chi connectivity index (χ2v) is 4.10. The highest BCUT2D eigenvalue weighted by Crippen LogP contribution is 2.19. The molecule has 0 spiro atoms. The Morgan fingerprint density at radius 2 is 1.69 bits per heavy atom. The van der Waals surface area contributed by atoms with Crippen molar-refractivity contribution >= 4 is 5.97 Å². The van der Waals surface area contributed by atoms with Crippen LogP contribution in [0.4, 0.5) is 0 Å². The molecule has 0 saturated heterocycles. The third kappa shape index (κ3) is 4.24. The molecule has 0 bridgehead atoms. The maximum absolute atomic E-state index is 10.6. The summed E-state index contributed by atoms with van der Waals surface area (Å²) in [5.74, 6) is -1.04. The van der Waals surface area contributed by atoms with Crippen molar-refractivity contribution in [2.24, 2.45) is 0 Å². The van der Waals surface area contributed by atoms with Crippen LogP contribution in [-0.4, -0.2) is 22.3 Å². The first-order chi connectivity index (χ1) is 5.71. The average Bonchev–Trinajstić information content (AvgIpc) is 2.01. The lowest BCUT2D eigenvalue weighted by molar-refractivity contribution is -0.393. The fourth-order valence-corrected chi connectivity index (χ4v) is 0.312. The molecule has 0 amide bonds. The van der Waals surface area contributed by atoms with Gasteiger partial charge in [0, 0.05) is 0 Å². The molecule has 4 heteroatoms. The van der Waals surface area contributed by atoms with Gasteiger partial charge >= 0.3 is 5.97 Å². The first kappa shape index (κ1) is 12.4. The first-order valence-electron chi connectivity index (χ1n) is 4.31. The zero-order chi connectivity index (χ0) is 10.7. The summed E-state index contributed by atoms with van der Waals surface area (Å²) >= 11 is 0. The van der Waals surface area contributed by atoms with Crippen LogP contribution in [0.1, 0.15) is 41.0 Å². The second-order valence-electron chi connectivity index (χ2n) is 4.10. The van der Waals surface area contributed by atoms with E-state index in [1.807, 2.05) is 20.8 Å². The molecular formula is C9H18O4. The molecule has 0 fully saturated rings. The Bertz CT molecular complexity index is 184. The predicted molar refractivity (Wildman–Crippen MR) is 48.3 cm³/mol. The Kier molecular flexibility index (Phi) is 3.88. The molecule has 0 aromatic carbocycles. The highest BCUT2D eigenvalue weighted by molar-refractivity contribution is 5.76. The quantitative estimate of drug-likeness (QED) is 0.532. The zero-order valence-electron chi connectivity index (χ0n) is 8.88. The van der Waals surface area contributed by atoms with Crippen molar-refractivity contribution in [2.45, 2.75) is 52.2 Å². The van der Waals surface area contributed by atoms with Crippen LogP contribution >= 0.6 is 0 Å². The van der Waals surface area contributed by atoms with E-state index < -0.39 is 17.2 Å². The summed E-state index contributed by atoms with van der Waals surface area (Å²) in [5.41, 5.74) is -1.75. The van der Waals surface area contributed by atoms with E-state index in [-0.39, 0.29) is 0 Å². The van der Waals surface area contributed by atoms with E-state index in [1.54, 1.807) is 0 Å². The summed E-state index contributed by atoms with van der Waals surface area (Å²) in [6, 6.07) is 0. The predicted octanol–water partition coefficient (Wildman–Crippen LogP) is 1.99. The van der Waals surface area contributed by atoms with Gasteiger partial charge in [0.05, 0.1) is 5.60 Å². The molecule has 4 nitrogen and oxygen atoms in total. The lowest BCUT2D eigenvalue weighted by atomic mass is 10.1. The van der Waals surface area contributed by atoms with E-state index in [9.17, 15) is 4.79 Å². The standard InChI is InChI=1S/C9H18O4/c1-6-8(2,3)12-13-9(4,5)7(10)11/h6H2,1-5H3,(H,10,11). The van der Waals surface area contributed by atoms with Crippen LogP contribution in [0, 0.1) is 0 Å². The van der Waals surface area contributed by atoms with Gasteiger partial charge in [-0.2, -0.15) is 0 Å². The van der Waals surface area contributed by atoms with E-state index in [2.05, 4.69) is 0 Å². The van der Waals surface area contributed by atoms with Crippen molar-refractivity contribution in [3.63, 3.8) is 0 Å². The van der Waals surface area contributed by atoms with Crippen LogP contribution in [0.25, 0.3) is 0 Å². The molecule has 1 N–H and O–H groups in total. The van der Waals surface area contributed by atoms with E-state index in [1.165, 1.54) is 13.8 Å². The average molecular weight is 190 g/mol. The molecule has 0 heterocycles. The Hall–Kier alpha value is -0.610. The lowest BCUT2D eigenvalue weighted by Gasteiger charge is -2.27. The van der Waals surface area contributed by atoms with E-state index in [0.717, 1.165) is 6.42 Å². The molecule has 0 aromatic heterocycles. The van der Waals surface area contributed by atoms with Gasteiger partial charge in [-0.1, -0.05) is 6.92 Å². The first-order valence-corrected chi connectivity index (χ1v) is 4.31. The minimum Gasteiger partial charge on any atom is -0.479 e. The van der Waals surface area contributed by atoms with Crippen molar-refractivity contribution < 1.29 is 19.7 Å². The van der Waals surface area contributed by atoms with Crippen molar-refractivity contribution in [1.82, 2.24) is 0 Å². The molecule has 0 aliphatic carbocycles. The molecule has 0 rings (SSSR count). The number of hydrogen-bond acceptors (Lipinski definition) is 3. The molecule has 0 unspecified atom stereocenters. The van der Waals surface area contributed by atoms with Gasteiger partial charge in [-0.25, -0.2) is 14.6 Å². The topological polar surface area (TPSA) is 55.8 Å². The Morgan fingerprint density at radius 3 is 2.00 bits per heavy atom. The van der Waals surface area contributed by atoms with Gasteiger partial charge < -0.3 is 5.11 Å². The zero-order valence-corrected chi connectivity index (χ0v) is 8.88. The van der Waals surface area contributed by atoms with E-state index in [0.29, 0.717) is 0 Å². The molecule has 0 radical (unpaired) electrons. The molecule has 0 aliphatic heterocycles. The minimum atomic E-state index is -1.30. The van der Waals surface area contributed by atoms with E-state index >= 15 is 0 Å². The highest BCUT2D eigenvalue weighted by atomic mass is 17.2. The van der Waals surface area contributed by atoms with Crippen LogP contribution in [0.3, 0.4) is 0 Å². The fourth-order valence-electron chi connectivity index (χ4n) is 0.312. The van der Waals surface area contributed by atoms with Crippen LogP contribution < -0.4 is 0 Å². The summed E-state index contributed by atoms with van der Waals surface area (Å²) in [4.78, 5) is 20.5. The van der Waals surface area contributed by atoms with Crippen molar-refractivity contribution in [1.29, 1.82) is 0 Å². The molecule has 0 aromatic rings. The van der Waals surface area contributed by atoms with Gasteiger partial charge in [-0.15, -0.1) is 0 Å². The summed E-state index contributed by atoms with van der Waals surface area (Å²) in [6.45, 7) is 8.51. The molecule has 0 saturated carbocycles. The van der Waals surface area contributed by atoms with Crippen LogP contribution in [0.5, 0.6) is 0 Å². The van der Waals surface area contributed by atoms with Gasteiger partial charge in [0.25, 0.3) is 0 Å². The smallest absolute Gasteiger partial charge is 0.338 e. The van der Waals surface area contributed by atoms with Crippen LogP contribution in [-0.2, 0) is 14.6 Å². The maximum atomic E-state index is 10.6. The number of carboxylic acids is 1. The fraction of sp³-hybridized carbons (Fsp3) is 0.889. The summed E-state index contributed by atoms with van der Waals surface area (Å²) in [7, 11) is 0. The number of carboxylic acid groups (broad SMARTS) is 1. The van der Waals surface area contributed by atoms with Gasteiger partial charge in [0.2, 0.25) is 0 Å². The van der Waals surface area contributed by atoms with Crippen molar-refractivity contribution in [3.05, 3.63) is 0 Å². The summed E-state index contributed by atoms with van der Waals surface area (Å²) in [5, 5.41) is 8.71. The number of carbonyl (C=O) groups is 1. The second kappa shape index (κ2) is 4.07. The normalized spacial score (nSPS) is 13.0. The third-order valence-corrected chi connectivity index (χ3v) is 1.84. The van der Waals surface area contributed by atoms with Crippen LogP contribution in [0.15, 0.2) is 0 Å².